The molecule has 19 heavy (non-hydrogen) atoms. The van der Waals surface area contributed by atoms with Crippen LogP contribution in [0.3, 0.4) is 0 Å². The van der Waals surface area contributed by atoms with E-state index in [1.807, 2.05) is 6.08 Å². The van der Waals surface area contributed by atoms with Crippen molar-refractivity contribution in [1.82, 2.24) is 0 Å². The van der Waals surface area contributed by atoms with Crippen LogP contribution in [0, 0.1) is 0 Å². The van der Waals surface area contributed by atoms with E-state index in [4.69, 9.17) is 9.79 Å². The van der Waals surface area contributed by atoms with Crippen LogP contribution in [0.2, 0.25) is 0 Å². The third kappa shape index (κ3) is 15.3. The summed E-state index contributed by atoms with van der Waals surface area (Å²) in [5.74, 6) is 0. The fourth-order valence-corrected chi connectivity index (χ4v) is 1.72. The number of rotatable bonds is 9. The van der Waals surface area contributed by atoms with Crippen molar-refractivity contribution in [2.75, 3.05) is 6.61 Å². The van der Waals surface area contributed by atoms with Crippen molar-refractivity contribution in [3.63, 3.8) is 0 Å². The summed E-state index contributed by atoms with van der Waals surface area (Å²) in [6.07, 6.45) is 11.9. The summed E-state index contributed by atoms with van der Waals surface area (Å²) in [4.78, 5) is 16.9. The molecule has 2 N–H and O–H groups in total. The van der Waals surface area contributed by atoms with Crippen molar-refractivity contribution in [3.8, 4) is 0 Å². The minimum atomic E-state index is -4.33. The zero-order chi connectivity index (χ0) is 14.7. The van der Waals surface area contributed by atoms with Gasteiger partial charge in [0.2, 0.25) is 0 Å². The number of hydrogen-bond donors (Lipinski definition) is 2. The van der Waals surface area contributed by atoms with Gasteiger partial charge in [-0.1, -0.05) is 35.5 Å². The standard InChI is InChI=1S/C14H25O4P/c1-13(2)9-8-11-14(3)10-6-4-5-7-12-18-19(15,16)17/h5,7,9-10H,4,6,8,11-12H2,1-3H3,(H2,15,16,17)/b7-5+,14-10+. The zero-order valence-electron chi connectivity index (χ0n) is 12.0. The Kier molecular flexibility index (Phi) is 9.80. The fourth-order valence-electron chi connectivity index (χ4n) is 1.44. The van der Waals surface area contributed by atoms with Crippen LogP contribution in [-0.4, -0.2) is 16.4 Å². The normalized spacial score (nSPS) is 13.0. The highest BCUT2D eigenvalue weighted by Crippen LogP contribution is 2.35. The lowest BCUT2D eigenvalue weighted by Gasteiger charge is -2.00. The van der Waals surface area contributed by atoms with Crippen molar-refractivity contribution in [1.29, 1.82) is 0 Å². The van der Waals surface area contributed by atoms with Gasteiger partial charge in [-0.25, -0.2) is 4.57 Å². The molecule has 0 unspecified atom stereocenters. The topological polar surface area (TPSA) is 66.8 Å². The van der Waals surface area contributed by atoms with Crippen molar-refractivity contribution >= 4 is 7.82 Å². The summed E-state index contributed by atoms with van der Waals surface area (Å²) in [5.41, 5.74) is 2.72. The molecule has 0 saturated carbocycles. The molecule has 0 radical (unpaired) electrons. The first-order valence-corrected chi connectivity index (χ1v) is 7.98. The molecule has 110 valence electrons. The smallest absolute Gasteiger partial charge is 0.303 e. The molecule has 0 aliphatic carbocycles. The van der Waals surface area contributed by atoms with Gasteiger partial charge >= 0.3 is 7.82 Å². The van der Waals surface area contributed by atoms with Gasteiger partial charge in [0, 0.05) is 0 Å². The lowest BCUT2D eigenvalue weighted by Crippen LogP contribution is -1.87. The number of phosphoric ester groups is 1. The second-order valence-electron chi connectivity index (χ2n) is 4.71. The lowest BCUT2D eigenvalue weighted by molar-refractivity contribution is 0.215. The SMILES string of the molecule is CC(C)=CCC/C(C)=C/CC/C=C/COP(=O)(O)O. The molecular formula is C14H25O4P. The molecule has 0 saturated heterocycles. The Morgan fingerprint density at radius 3 is 2.32 bits per heavy atom. The average molecular weight is 288 g/mol. The molecule has 0 aromatic rings. The first-order chi connectivity index (χ1) is 8.81. The van der Waals surface area contributed by atoms with Gasteiger partial charge in [0.1, 0.15) is 0 Å². The first-order valence-electron chi connectivity index (χ1n) is 6.45. The van der Waals surface area contributed by atoms with E-state index >= 15 is 0 Å². The van der Waals surface area contributed by atoms with Crippen LogP contribution in [0.25, 0.3) is 0 Å². The monoisotopic (exact) mass is 288 g/mol. The van der Waals surface area contributed by atoms with E-state index in [0.717, 1.165) is 25.7 Å². The van der Waals surface area contributed by atoms with Gasteiger partial charge in [0.05, 0.1) is 6.61 Å². The summed E-state index contributed by atoms with van der Waals surface area (Å²) in [7, 11) is -4.33. The number of hydrogen-bond acceptors (Lipinski definition) is 2. The van der Waals surface area contributed by atoms with Gasteiger partial charge in [0.15, 0.2) is 0 Å². The molecule has 0 fully saturated rings. The number of phosphoric acid groups is 1. The Hall–Kier alpha value is -0.670. The Bertz CT molecular complexity index is 373. The molecule has 0 aromatic heterocycles. The second-order valence-corrected chi connectivity index (χ2v) is 5.95. The van der Waals surface area contributed by atoms with E-state index in [1.165, 1.54) is 11.1 Å². The first kappa shape index (κ1) is 18.3. The second kappa shape index (κ2) is 10.2. The fraction of sp³-hybridized carbons (Fsp3) is 0.571. The maximum Gasteiger partial charge on any atom is 0.469 e. The van der Waals surface area contributed by atoms with Gasteiger partial charge in [-0.15, -0.1) is 0 Å². The highest BCUT2D eigenvalue weighted by atomic mass is 31.2. The molecule has 5 heteroatoms. The molecule has 0 rings (SSSR count). The van der Waals surface area contributed by atoms with Gasteiger partial charge in [-0.2, -0.15) is 0 Å². The summed E-state index contributed by atoms with van der Waals surface area (Å²) < 4.78 is 14.7. The predicted molar refractivity (Wildman–Crippen MR) is 78.8 cm³/mol. The van der Waals surface area contributed by atoms with Crippen LogP contribution >= 0.6 is 7.82 Å². The minimum absolute atomic E-state index is 0.0481. The average Bonchev–Trinajstić information content (AvgIpc) is 2.25. The molecule has 0 spiro atoms. The minimum Gasteiger partial charge on any atom is -0.303 e. The molecule has 0 bridgehead atoms. The van der Waals surface area contributed by atoms with Crippen molar-refractivity contribution in [3.05, 3.63) is 35.5 Å². The van der Waals surface area contributed by atoms with Crippen LogP contribution in [0.15, 0.2) is 35.5 Å². The van der Waals surface area contributed by atoms with Gasteiger partial charge in [-0.05, 0) is 46.5 Å². The quantitative estimate of drug-likeness (QED) is 0.380. The molecule has 0 heterocycles. The van der Waals surface area contributed by atoms with E-state index in [0.29, 0.717) is 0 Å². The van der Waals surface area contributed by atoms with E-state index < -0.39 is 7.82 Å². The van der Waals surface area contributed by atoms with Gasteiger partial charge < -0.3 is 9.79 Å². The Balaban J connectivity index is 3.69. The van der Waals surface area contributed by atoms with E-state index in [-0.39, 0.29) is 6.61 Å². The maximum absolute atomic E-state index is 10.4. The highest BCUT2D eigenvalue weighted by molar-refractivity contribution is 7.46. The van der Waals surface area contributed by atoms with Crippen LogP contribution in [-0.2, 0) is 9.09 Å². The molecule has 0 aliphatic rings. The zero-order valence-corrected chi connectivity index (χ0v) is 12.9. The van der Waals surface area contributed by atoms with Gasteiger partial charge in [-0.3, -0.25) is 4.52 Å². The van der Waals surface area contributed by atoms with Gasteiger partial charge in [0.25, 0.3) is 0 Å². The van der Waals surface area contributed by atoms with Crippen LogP contribution in [0.1, 0.15) is 46.5 Å². The summed E-state index contributed by atoms with van der Waals surface area (Å²) in [5, 5.41) is 0. The third-order valence-electron chi connectivity index (χ3n) is 2.42. The van der Waals surface area contributed by atoms with E-state index in [2.05, 4.69) is 37.4 Å². The van der Waals surface area contributed by atoms with Crippen molar-refractivity contribution in [2.24, 2.45) is 0 Å². The van der Waals surface area contributed by atoms with Crippen LogP contribution in [0.4, 0.5) is 0 Å². The van der Waals surface area contributed by atoms with E-state index in [1.54, 1.807) is 6.08 Å². The Labute approximate surface area is 116 Å². The highest BCUT2D eigenvalue weighted by Gasteiger charge is 2.11. The maximum atomic E-state index is 10.4. The van der Waals surface area contributed by atoms with E-state index in [9.17, 15) is 4.57 Å². The lowest BCUT2D eigenvalue weighted by atomic mass is 10.1. The third-order valence-corrected chi connectivity index (χ3v) is 2.91. The Morgan fingerprint density at radius 2 is 1.74 bits per heavy atom. The van der Waals surface area contributed by atoms with Crippen molar-refractivity contribution < 1.29 is 18.9 Å². The summed E-state index contributed by atoms with van der Waals surface area (Å²) in [6.45, 7) is 6.28. The molecule has 0 amide bonds. The van der Waals surface area contributed by atoms with Crippen LogP contribution < -0.4 is 0 Å². The summed E-state index contributed by atoms with van der Waals surface area (Å²) in [6, 6.07) is 0. The van der Waals surface area contributed by atoms with Crippen LogP contribution in [0.5, 0.6) is 0 Å². The number of allylic oxidation sites excluding steroid dienone is 5. The molecule has 0 aromatic carbocycles. The molecule has 0 aliphatic heterocycles. The largest absolute Gasteiger partial charge is 0.469 e. The summed E-state index contributed by atoms with van der Waals surface area (Å²) >= 11 is 0. The number of unbranched alkanes of at least 4 members (excludes halogenated alkanes) is 1. The predicted octanol–water partition coefficient (Wildman–Crippen LogP) is 4.12. The van der Waals surface area contributed by atoms with Crippen molar-refractivity contribution in [2.45, 2.75) is 46.5 Å². The molecular weight excluding hydrogens is 263 g/mol. The molecule has 0 atom stereocenters. The molecule has 4 nitrogen and oxygen atoms in total. The Morgan fingerprint density at radius 1 is 1.05 bits per heavy atom.